The first kappa shape index (κ1) is 15.0. The SMILES string of the molecule is Cc1ccc2c(c1)C(C)(C)[C@]1(/C=C/c3ccccc3)NC(=O)CN21. The molecular formula is C21H22N2O. The van der Waals surface area contributed by atoms with Gasteiger partial charge in [0.05, 0.1) is 6.54 Å². The van der Waals surface area contributed by atoms with Crippen LogP contribution in [0.1, 0.15) is 30.5 Å². The van der Waals surface area contributed by atoms with Crippen LogP contribution in [0.4, 0.5) is 5.69 Å². The molecule has 0 spiro atoms. The molecule has 4 rings (SSSR count). The summed E-state index contributed by atoms with van der Waals surface area (Å²) in [5.41, 5.74) is 4.09. The lowest BCUT2D eigenvalue weighted by atomic mass is 9.75. The highest BCUT2D eigenvalue weighted by atomic mass is 16.2. The minimum atomic E-state index is -0.518. The van der Waals surface area contributed by atoms with Crippen molar-refractivity contribution in [2.24, 2.45) is 0 Å². The molecule has 1 amide bonds. The van der Waals surface area contributed by atoms with Crippen LogP contribution in [0.5, 0.6) is 0 Å². The van der Waals surface area contributed by atoms with Gasteiger partial charge in [0.15, 0.2) is 0 Å². The van der Waals surface area contributed by atoms with Crippen molar-refractivity contribution in [3.63, 3.8) is 0 Å². The number of nitrogens with zero attached hydrogens (tertiary/aromatic N) is 1. The Morgan fingerprint density at radius 3 is 2.62 bits per heavy atom. The third-order valence-electron chi connectivity index (χ3n) is 5.44. The number of benzene rings is 2. The number of nitrogens with one attached hydrogen (secondary N) is 1. The van der Waals surface area contributed by atoms with Gasteiger partial charge in [0.1, 0.15) is 5.66 Å². The van der Waals surface area contributed by atoms with Gasteiger partial charge in [-0.05, 0) is 30.2 Å². The highest BCUT2D eigenvalue weighted by Gasteiger charge is 2.59. The standard InChI is InChI=1S/C21H22N2O/c1-15-9-10-18-17(13-15)20(2,3)21(22-19(24)14-23(18)21)12-11-16-7-5-4-6-8-16/h4-13H,14H2,1-3H3,(H,22,24)/b12-11+/t21-/m1/s1. The molecule has 0 saturated carbocycles. The fraction of sp³-hybridized carbons (Fsp3) is 0.286. The van der Waals surface area contributed by atoms with E-state index < -0.39 is 5.66 Å². The van der Waals surface area contributed by atoms with Gasteiger partial charge in [-0.2, -0.15) is 0 Å². The minimum absolute atomic E-state index is 0.0759. The quantitative estimate of drug-likeness (QED) is 0.917. The second kappa shape index (κ2) is 4.97. The van der Waals surface area contributed by atoms with Gasteiger partial charge < -0.3 is 10.2 Å². The lowest BCUT2D eigenvalue weighted by molar-refractivity contribution is -0.118. The lowest BCUT2D eigenvalue weighted by Gasteiger charge is -2.40. The third-order valence-corrected chi connectivity index (χ3v) is 5.44. The molecular weight excluding hydrogens is 296 g/mol. The fourth-order valence-electron chi connectivity index (χ4n) is 4.07. The van der Waals surface area contributed by atoms with Crippen molar-refractivity contribution in [3.8, 4) is 0 Å². The van der Waals surface area contributed by atoms with E-state index >= 15 is 0 Å². The normalized spacial score (nSPS) is 24.1. The molecule has 3 nitrogen and oxygen atoms in total. The molecule has 0 aromatic heterocycles. The molecule has 2 aromatic rings. The van der Waals surface area contributed by atoms with E-state index in [4.69, 9.17) is 0 Å². The van der Waals surface area contributed by atoms with Gasteiger partial charge in [0.25, 0.3) is 0 Å². The number of hydrogen-bond donors (Lipinski definition) is 1. The van der Waals surface area contributed by atoms with E-state index in [2.05, 4.69) is 73.5 Å². The molecule has 1 N–H and O–H groups in total. The van der Waals surface area contributed by atoms with E-state index in [0.29, 0.717) is 6.54 Å². The van der Waals surface area contributed by atoms with Crippen LogP contribution in [-0.4, -0.2) is 18.1 Å². The maximum absolute atomic E-state index is 12.3. The van der Waals surface area contributed by atoms with Crippen LogP contribution in [0, 0.1) is 6.92 Å². The molecule has 2 aliphatic rings. The van der Waals surface area contributed by atoms with Crippen LogP contribution < -0.4 is 10.2 Å². The molecule has 2 aliphatic heterocycles. The second-order valence-corrected chi connectivity index (χ2v) is 7.29. The van der Waals surface area contributed by atoms with Gasteiger partial charge in [-0.1, -0.05) is 68.0 Å². The highest BCUT2D eigenvalue weighted by Crippen LogP contribution is 2.53. The van der Waals surface area contributed by atoms with Crippen LogP contribution in [0.15, 0.2) is 54.6 Å². The Labute approximate surface area is 143 Å². The Bertz CT molecular complexity index is 838. The Morgan fingerprint density at radius 1 is 1.12 bits per heavy atom. The molecule has 3 heteroatoms. The molecule has 1 saturated heterocycles. The van der Waals surface area contributed by atoms with E-state index in [1.54, 1.807) is 0 Å². The number of amides is 1. The van der Waals surface area contributed by atoms with Gasteiger partial charge in [-0.25, -0.2) is 0 Å². The zero-order valence-electron chi connectivity index (χ0n) is 14.3. The fourth-order valence-corrected chi connectivity index (χ4v) is 4.07. The Balaban J connectivity index is 1.86. The first-order chi connectivity index (χ1) is 11.4. The second-order valence-electron chi connectivity index (χ2n) is 7.29. The Kier molecular flexibility index (Phi) is 3.11. The smallest absolute Gasteiger partial charge is 0.241 e. The van der Waals surface area contributed by atoms with E-state index in [9.17, 15) is 4.79 Å². The first-order valence-corrected chi connectivity index (χ1v) is 8.38. The molecule has 2 aromatic carbocycles. The average molecular weight is 318 g/mol. The van der Waals surface area contributed by atoms with Gasteiger partial charge in [-0.3, -0.25) is 4.79 Å². The number of rotatable bonds is 2. The summed E-state index contributed by atoms with van der Waals surface area (Å²) in [6.45, 7) is 6.95. The monoisotopic (exact) mass is 318 g/mol. The molecule has 0 unspecified atom stereocenters. The summed E-state index contributed by atoms with van der Waals surface area (Å²) in [6, 6.07) is 16.7. The molecule has 0 aliphatic carbocycles. The van der Waals surface area contributed by atoms with E-state index in [-0.39, 0.29) is 11.3 Å². The maximum atomic E-state index is 12.3. The van der Waals surface area contributed by atoms with Crippen molar-refractivity contribution in [1.82, 2.24) is 5.32 Å². The predicted molar refractivity (Wildman–Crippen MR) is 97.9 cm³/mol. The van der Waals surface area contributed by atoms with Crippen LogP contribution in [0.3, 0.4) is 0 Å². The van der Waals surface area contributed by atoms with Gasteiger partial charge in [0.2, 0.25) is 5.91 Å². The molecule has 1 atom stereocenters. The number of hydrogen-bond acceptors (Lipinski definition) is 2. The van der Waals surface area contributed by atoms with E-state index in [1.807, 2.05) is 18.2 Å². The van der Waals surface area contributed by atoms with Gasteiger partial charge >= 0.3 is 0 Å². The van der Waals surface area contributed by atoms with E-state index in [1.165, 1.54) is 11.1 Å². The van der Waals surface area contributed by atoms with Crippen LogP contribution in [0.2, 0.25) is 0 Å². The van der Waals surface area contributed by atoms with Crippen molar-refractivity contribution in [2.45, 2.75) is 31.8 Å². The summed E-state index contributed by atoms with van der Waals surface area (Å²) in [4.78, 5) is 14.5. The number of aryl methyl sites for hydroxylation is 1. The number of carbonyl (C=O) groups excluding carboxylic acids is 1. The molecule has 24 heavy (non-hydrogen) atoms. The van der Waals surface area contributed by atoms with Gasteiger partial charge in [-0.15, -0.1) is 0 Å². The summed E-state index contributed by atoms with van der Waals surface area (Å²) in [7, 11) is 0. The van der Waals surface area contributed by atoms with Crippen molar-refractivity contribution >= 4 is 17.7 Å². The maximum Gasteiger partial charge on any atom is 0.241 e. The molecule has 2 heterocycles. The van der Waals surface area contributed by atoms with Gasteiger partial charge in [0, 0.05) is 11.1 Å². The predicted octanol–water partition coefficient (Wildman–Crippen LogP) is 3.63. The zero-order valence-corrected chi connectivity index (χ0v) is 14.3. The Morgan fingerprint density at radius 2 is 1.88 bits per heavy atom. The highest BCUT2D eigenvalue weighted by molar-refractivity contribution is 5.91. The minimum Gasteiger partial charge on any atom is -0.335 e. The molecule has 122 valence electrons. The average Bonchev–Trinajstić information content (AvgIpc) is 2.98. The summed E-state index contributed by atoms with van der Waals surface area (Å²) >= 11 is 0. The number of carbonyl (C=O) groups is 1. The third kappa shape index (κ3) is 1.94. The topological polar surface area (TPSA) is 32.3 Å². The number of anilines is 1. The summed E-state index contributed by atoms with van der Waals surface area (Å²) in [5.74, 6) is 0.0759. The van der Waals surface area contributed by atoms with Crippen molar-refractivity contribution in [3.05, 3.63) is 71.3 Å². The molecule has 0 bridgehead atoms. The Hall–Kier alpha value is -2.55. The van der Waals surface area contributed by atoms with Crippen LogP contribution in [-0.2, 0) is 10.2 Å². The first-order valence-electron chi connectivity index (χ1n) is 8.38. The van der Waals surface area contributed by atoms with E-state index in [0.717, 1.165) is 11.3 Å². The molecule has 1 fully saturated rings. The molecule has 0 radical (unpaired) electrons. The van der Waals surface area contributed by atoms with Crippen molar-refractivity contribution in [2.75, 3.05) is 11.4 Å². The van der Waals surface area contributed by atoms with Crippen molar-refractivity contribution in [1.29, 1.82) is 0 Å². The van der Waals surface area contributed by atoms with Crippen LogP contribution >= 0.6 is 0 Å². The zero-order chi connectivity index (χ0) is 16.9. The summed E-state index contributed by atoms with van der Waals surface area (Å²) in [6.07, 6.45) is 4.27. The lowest BCUT2D eigenvalue weighted by Crippen LogP contribution is -2.58. The van der Waals surface area contributed by atoms with Crippen LogP contribution in [0.25, 0.3) is 6.08 Å². The summed E-state index contributed by atoms with van der Waals surface area (Å²) < 4.78 is 0. The number of fused-ring (bicyclic) bond motifs is 3. The largest absolute Gasteiger partial charge is 0.335 e. The van der Waals surface area contributed by atoms with Crippen molar-refractivity contribution < 1.29 is 4.79 Å². The summed E-state index contributed by atoms with van der Waals surface area (Å²) in [5, 5.41) is 3.26.